The van der Waals surface area contributed by atoms with Crippen LogP contribution in [0.4, 0.5) is 4.79 Å². The van der Waals surface area contributed by atoms with Crippen LogP contribution in [0.5, 0.6) is 0 Å². The smallest absolute Gasteiger partial charge is 0.410 e. The second-order valence-corrected chi connectivity index (χ2v) is 9.50. The van der Waals surface area contributed by atoms with Gasteiger partial charge in [-0.2, -0.15) is 5.10 Å². The zero-order chi connectivity index (χ0) is 22.1. The third-order valence-electron chi connectivity index (χ3n) is 5.30. The van der Waals surface area contributed by atoms with Crippen molar-refractivity contribution in [3.05, 3.63) is 35.7 Å². The lowest BCUT2D eigenvalue weighted by Gasteiger charge is -2.34. The first-order valence-electron chi connectivity index (χ1n) is 10.4. The molecular weight excluding hydrogens is 384 g/mol. The van der Waals surface area contributed by atoms with Gasteiger partial charge in [-0.3, -0.25) is 5.32 Å². The molecule has 2 unspecified atom stereocenters. The number of rotatable bonds is 4. The molecule has 2 aromatic heterocycles. The minimum Gasteiger partial charge on any atom is -0.444 e. The van der Waals surface area contributed by atoms with E-state index in [9.17, 15) is 9.90 Å². The van der Waals surface area contributed by atoms with Crippen LogP contribution in [0.25, 0.3) is 5.52 Å². The highest BCUT2D eigenvalue weighted by Crippen LogP contribution is 2.27. The number of aromatic nitrogens is 2. The van der Waals surface area contributed by atoms with Crippen molar-refractivity contribution in [3.8, 4) is 0 Å². The molecule has 0 aliphatic carbocycles. The van der Waals surface area contributed by atoms with Gasteiger partial charge in [-0.05, 0) is 53.7 Å². The number of nitrogens with zero attached hydrogens (tertiary/aromatic N) is 3. The van der Waals surface area contributed by atoms with Crippen LogP contribution < -0.4 is 5.32 Å². The summed E-state index contributed by atoms with van der Waals surface area (Å²) in [4.78, 5) is 14.1. The van der Waals surface area contributed by atoms with E-state index >= 15 is 0 Å². The predicted octanol–water partition coefficient (Wildman–Crippen LogP) is 2.67. The molecule has 166 valence electrons. The molecule has 2 N–H and O–H groups in total. The van der Waals surface area contributed by atoms with E-state index in [0.717, 1.165) is 16.8 Å². The van der Waals surface area contributed by atoms with Crippen molar-refractivity contribution in [3.63, 3.8) is 0 Å². The van der Waals surface area contributed by atoms with Crippen LogP contribution in [0, 0.1) is 12.8 Å². The monoisotopic (exact) mass is 418 g/mol. The molecule has 0 bridgehead atoms. The number of nitrogens with one attached hydrogen (secondary N) is 1. The average molecular weight is 419 g/mol. The summed E-state index contributed by atoms with van der Waals surface area (Å²) in [6.07, 6.45) is 0.573. The zero-order valence-corrected chi connectivity index (χ0v) is 18.8. The van der Waals surface area contributed by atoms with Crippen LogP contribution in [-0.2, 0) is 15.0 Å². The van der Waals surface area contributed by atoms with Crippen molar-refractivity contribution in [1.82, 2.24) is 19.8 Å². The van der Waals surface area contributed by atoms with Crippen LogP contribution in [0.15, 0.2) is 24.4 Å². The van der Waals surface area contributed by atoms with Gasteiger partial charge in [-0.15, -0.1) is 0 Å². The van der Waals surface area contributed by atoms with Crippen LogP contribution in [0.2, 0.25) is 0 Å². The van der Waals surface area contributed by atoms with Crippen molar-refractivity contribution in [1.29, 1.82) is 0 Å². The standard InChI is InChI=1S/C22H34N4O4/c1-15-8-7-9-18-17(12-23-26(15)18)22(5,6)24-19(27)16-13-25(10-11-29-14-16)20(28)30-21(2,3)4/h7-9,12,16,19,24,27H,10-11,13-14H2,1-6H3. The first-order valence-corrected chi connectivity index (χ1v) is 10.4. The second kappa shape index (κ2) is 8.53. The Labute approximate surface area is 178 Å². The normalized spacial score (nSPS) is 19.6. The Bertz CT molecular complexity index is 887. The average Bonchev–Trinajstić information content (AvgIpc) is 2.92. The Morgan fingerprint density at radius 2 is 2.07 bits per heavy atom. The van der Waals surface area contributed by atoms with E-state index in [-0.39, 0.29) is 12.0 Å². The van der Waals surface area contributed by atoms with Gasteiger partial charge in [0, 0.05) is 35.8 Å². The number of hydrogen-bond donors (Lipinski definition) is 2. The van der Waals surface area contributed by atoms with Crippen LogP contribution in [0.3, 0.4) is 0 Å². The molecular formula is C22H34N4O4. The number of fused-ring (bicyclic) bond motifs is 1. The molecule has 1 aliphatic rings. The first-order chi connectivity index (χ1) is 14.0. The summed E-state index contributed by atoms with van der Waals surface area (Å²) < 4.78 is 13.1. The number of aryl methyl sites for hydroxylation is 1. The van der Waals surface area contributed by atoms with Crippen molar-refractivity contribution in [2.75, 3.05) is 26.3 Å². The van der Waals surface area contributed by atoms with Crippen molar-refractivity contribution >= 4 is 11.6 Å². The lowest BCUT2D eigenvalue weighted by molar-refractivity contribution is -0.00135. The molecule has 0 radical (unpaired) electrons. The highest BCUT2D eigenvalue weighted by Gasteiger charge is 2.34. The Kier molecular flexibility index (Phi) is 6.40. The highest BCUT2D eigenvalue weighted by molar-refractivity contribution is 5.68. The van der Waals surface area contributed by atoms with E-state index in [4.69, 9.17) is 9.47 Å². The molecule has 1 saturated heterocycles. The highest BCUT2D eigenvalue weighted by atomic mass is 16.6. The Morgan fingerprint density at radius 1 is 1.33 bits per heavy atom. The minimum atomic E-state index is -0.872. The number of aliphatic hydroxyl groups excluding tert-OH is 1. The SMILES string of the molecule is Cc1cccc2c(C(C)(C)NC(O)C3COCCN(C(=O)OC(C)(C)C)C3)cnn12. The fourth-order valence-electron chi connectivity index (χ4n) is 3.72. The van der Waals surface area contributed by atoms with Crippen LogP contribution in [0.1, 0.15) is 45.9 Å². The topological polar surface area (TPSA) is 88.3 Å². The second-order valence-electron chi connectivity index (χ2n) is 9.50. The number of amides is 1. The Hall–Kier alpha value is -2.16. The van der Waals surface area contributed by atoms with Gasteiger partial charge in [0.2, 0.25) is 0 Å². The van der Waals surface area contributed by atoms with Gasteiger partial charge < -0.3 is 19.5 Å². The molecule has 2 aromatic rings. The summed E-state index contributed by atoms with van der Waals surface area (Å²) in [7, 11) is 0. The van der Waals surface area contributed by atoms with Gasteiger partial charge in [-0.25, -0.2) is 9.31 Å². The largest absolute Gasteiger partial charge is 0.444 e. The van der Waals surface area contributed by atoms with E-state index in [0.29, 0.717) is 26.3 Å². The molecule has 3 heterocycles. The molecule has 0 saturated carbocycles. The van der Waals surface area contributed by atoms with E-state index < -0.39 is 17.4 Å². The molecule has 1 aliphatic heterocycles. The number of carbonyl (C=O) groups is 1. The van der Waals surface area contributed by atoms with Gasteiger partial charge >= 0.3 is 6.09 Å². The van der Waals surface area contributed by atoms with Gasteiger partial charge in [-0.1, -0.05) is 6.07 Å². The first kappa shape index (κ1) is 22.5. The summed E-state index contributed by atoms with van der Waals surface area (Å²) in [6.45, 7) is 13.1. The maximum Gasteiger partial charge on any atom is 0.410 e. The third kappa shape index (κ3) is 5.11. The Morgan fingerprint density at radius 3 is 2.77 bits per heavy atom. The number of ether oxygens (including phenoxy) is 2. The lowest BCUT2D eigenvalue weighted by Crippen LogP contribution is -2.51. The number of hydrogen-bond acceptors (Lipinski definition) is 6. The maximum absolute atomic E-state index is 12.5. The molecule has 8 nitrogen and oxygen atoms in total. The van der Waals surface area contributed by atoms with Crippen molar-refractivity contribution in [2.24, 2.45) is 5.92 Å². The molecule has 3 rings (SSSR count). The van der Waals surface area contributed by atoms with Gasteiger partial charge in [0.05, 0.1) is 24.9 Å². The van der Waals surface area contributed by atoms with E-state index in [2.05, 4.69) is 10.4 Å². The molecule has 2 atom stereocenters. The fourth-order valence-corrected chi connectivity index (χ4v) is 3.72. The summed E-state index contributed by atoms with van der Waals surface area (Å²) in [5.74, 6) is -0.289. The van der Waals surface area contributed by atoms with Gasteiger partial charge in [0.1, 0.15) is 11.8 Å². The number of aliphatic hydroxyl groups is 1. The van der Waals surface area contributed by atoms with Crippen molar-refractivity contribution in [2.45, 2.75) is 58.9 Å². The van der Waals surface area contributed by atoms with E-state index in [1.54, 1.807) is 4.90 Å². The Balaban J connectivity index is 1.73. The quantitative estimate of drug-likeness (QED) is 0.743. The zero-order valence-electron chi connectivity index (χ0n) is 18.8. The maximum atomic E-state index is 12.5. The molecule has 1 amide bonds. The minimum absolute atomic E-state index is 0.289. The summed E-state index contributed by atoms with van der Waals surface area (Å²) in [5, 5.41) is 18.8. The van der Waals surface area contributed by atoms with Crippen molar-refractivity contribution < 1.29 is 19.4 Å². The summed E-state index contributed by atoms with van der Waals surface area (Å²) in [6, 6.07) is 6.03. The molecule has 30 heavy (non-hydrogen) atoms. The summed E-state index contributed by atoms with van der Waals surface area (Å²) in [5.41, 5.74) is 1.91. The third-order valence-corrected chi connectivity index (χ3v) is 5.30. The van der Waals surface area contributed by atoms with E-state index in [1.165, 1.54) is 0 Å². The molecule has 8 heteroatoms. The predicted molar refractivity (Wildman–Crippen MR) is 114 cm³/mol. The fraction of sp³-hybridized carbons (Fsp3) is 0.636. The molecule has 0 aromatic carbocycles. The van der Waals surface area contributed by atoms with Crippen LogP contribution >= 0.6 is 0 Å². The molecule has 0 spiro atoms. The van der Waals surface area contributed by atoms with Crippen LogP contribution in [-0.4, -0.2) is 63.8 Å². The number of carbonyl (C=O) groups excluding carboxylic acids is 1. The van der Waals surface area contributed by atoms with E-state index in [1.807, 2.05) is 70.5 Å². The van der Waals surface area contributed by atoms with Gasteiger partial charge in [0.25, 0.3) is 0 Å². The van der Waals surface area contributed by atoms with Gasteiger partial charge in [0.15, 0.2) is 0 Å². The number of pyridine rings is 1. The summed E-state index contributed by atoms with van der Waals surface area (Å²) >= 11 is 0. The molecule has 1 fully saturated rings. The lowest BCUT2D eigenvalue weighted by atomic mass is 9.94.